The summed E-state index contributed by atoms with van der Waals surface area (Å²) in [4.78, 5) is 8.34. The Kier molecular flexibility index (Phi) is 8.03. The van der Waals surface area contributed by atoms with Crippen molar-refractivity contribution >= 4 is 38.5 Å². The van der Waals surface area contributed by atoms with Gasteiger partial charge < -0.3 is 9.47 Å². The maximum absolute atomic E-state index is 9.85. The van der Waals surface area contributed by atoms with Crippen LogP contribution >= 0.6 is 27.3 Å². The van der Waals surface area contributed by atoms with Crippen LogP contribution in [0.1, 0.15) is 34.1 Å². The van der Waals surface area contributed by atoms with Gasteiger partial charge in [0.2, 0.25) is 0 Å². The third kappa shape index (κ3) is 5.51. The minimum atomic E-state index is 0.152. The van der Waals surface area contributed by atoms with Crippen molar-refractivity contribution in [3.63, 3.8) is 0 Å². The maximum atomic E-state index is 9.85. The molecule has 0 N–H and O–H groups in total. The standard InChI is InChI=1S/C27H24BrN3O2S/c1-3-12-33-26-23(28)13-20(14-24(26)32-4-2)16-30-27-22(15-29)21-10-11-31(18-25(21)34-27)17-19-8-6-5-7-9-19/h1,5-9,13-14,16H,4,10-12,17-18H2,2H3. The molecule has 4 rings (SSSR count). The van der Waals surface area contributed by atoms with Crippen LogP contribution in [-0.2, 0) is 19.5 Å². The molecule has 0 spiro atoms. The molecule has 0 radical (unpaired) electrons. The van der Waals surface area contributed by atoms with Crippen LogP contribution in [0.5, 0.6) is 11.5 Å². The van der Waals surface area contributed by atoms with Crippen LogP contribution in [0.3, 0.4) is 0 Å². The highest BCUT2D eigenvalue weighted by atomic mass is 79.9. The van der Waals surface area contributed by atoms with Gasteiger partial charge in [0.15, 0.2) is 11.5 Å². The monoisotopic (exact) mass is 533 g/mol. The van der Waals surface area contributed by atoms with Crippen molar-refractivity contribution in [3.05, 3.63) is 74.1 Å². The molecule has 2 heterocycles. The molecule has 0 saturated heterocycles. The van der Waals surface area contributed by atoms with Gasteiger partial charge in [-0.1, -0.05) is 36.3 Å². The lowest BCUT2D eigenvalue weighted by Gasteiger charge is -2.26. The van der Waals surface area contributed by atoms with Gasteiger partial charge in [0, 0.05) is 30.7 Å². The number of nitrogens with zero attached hydrogens (tertiary/aromatic N) is 3. The van der Waals surface area contributed by atoms with Gasteiger partial charge in [-0.15, -0.1) is 17.8 Å². The van der Waals surface area contributed by atoms with E-state index in [1.54, 1.807) is 17.6 Å². The minimum Gasteiger partial charge on any atom is -0.490 e. The number of aliphatic imine (C=N–C) groups is 1. The molecule has 2 aromatic carbocycles. The first-order chi connectivity index (χ1) is 16.6. The number of ether oxygens (including phenoxy) is 2. The molecule has 1 aliphatic rings. The van der Waals surface area contributed by atoms with Gasteiger partial charge in [-0.2, -0.15) is 5.26 Å². The van der Waals surface area contributed by atoms with E-state index in [9.17, 15) is 5.26 Å². The van der Waals surface area contributed by atoms with Crippen LogP contribution < -0.4 is 9.47 Å². The van der Waals surface area contributed by atoms with Gasteiger partial charge in [-0.3, -0.25) is 4.90 Å². The zero-order valence-electron chi connectivity index (χ0n) is 18.9. The summed E-state index contributed by atoms with van der Waals surface area (Å²) in [6, 6.07) is 16.6. The lowest BCUT2D eigenvalue weighted by Crippen LogP contribution is -2.29. The van der Waals surface area contributed by atoms with Crippen molar-refractivity contribution in [2.45, 2.75) is 26.4 Å². The number of thiophene rings is 1. The minimum absolute atomic E-state index is 0.152. The third-order valence-corrected chi connectivity index (χ3v) is 7.15. The van der Waals surface area contributed by atoms with E-state index in [1.165, 1.54) is 10.4 Å². The van der Waals surface area contributed by atoms with E-state index < -0.39 is 0 Å². The number of rotatable bonds is 8. The zero-order chi connectivity index (χ0) is 23.9. The number of hydrogen-bond acceptors (Lipinski definition) is 6. The molecule has 3 aromatic rings. The van der Waals surface area contributed by atoms with E-state index in [2.05, 4.69) is 57.1 Å². The van der Waals surface area contributed by atoms with Gasteiger partial charge >= 0.3 is 0 Å². The quantitative estimate of drug-likeness (QED) is 0.259. The summed E-state index contributed by atoms with van der Waals surface area (Å²) < 4.78 is 12.1. The zero-order valence-corrected chi connectivity index (χ0v) is 21.3. The molecule has 172 valence electrons. The van der Waals surface area contributed by atoms with Crippen LogP contribution in [0.25, 0.3) is 0 Å². The average molecular weight is 534 g/mol. The summed E-state index contributed by atoms with van der Waals surface area (Å²) in [5.74, 6) is 3.63. The number of terminal acetylenes is 1. The molecule has 1 aliphatic heterocycles. The van der Waals surface area contributed by atoms with Crippen LogP contribution in [0, 0.1) is 23.7 Å². The Labute approximate surface area is 212 Å². The predicted octanol–water partition coefficient (Wildman–Crippen LogP) is 6.10. The van der Waals surface area contributed by atoms with Crippen LogP contribution in [0.4, 0.5) is 5.00 Å². The molecule has 0 bridgehead atoms. The molecule has 5 nitrogen and oxygen atoms in total. The molecule has 0 saturated carbocycles. The SMILES string of the molecule is C#CCOc1c(Br)cc(C=Nc2sc3c(c2C#N)CCN(Cc2ccccc2)C3)cc1OCC. The van der Waals surface area contributed by atoms with Gasteiger partial charge in [-0.25, -0.2) is 4.99 Å². The Morgan fingerprint density at radius 1 is 1.26 bits per heavy atom. The summed E-state index contributed by atoms with van der Waals surface area (Å²) in [6.07, 6.45) is 7.95. The molecule has 0 aliphatic carbocycles. The Balaban J connectivity index is 1.56. The second kappa shape index (κ2) is 11.4. The van der Waals surface area contributed by atoms with Gasteiger partial charge in [0.25, 0.3) is 0 Å². The van der Waals surface area contributed by atoms with E-state index in [0.717, 1.165) is 46.7 Å². The predicted molar refractivity (Wildman–Crippen MR) is 140 cm³/mol. The van der Waals surface area contributed by atoms with Crippen molar-refractivity contribution in [1.29, 1.82) is 5.26 Å². The van der Waals surface area contributed by atoms with Crippen molar-refractivity contribution in [2.24, 2.45) is 4.99 Å². The van der Waals surface area contributed by atoms with Crippen molar-refractivity contribution in [2.75, 3.05) is 19.8 Å². The summed E-state index contributed by atoms with van der Waals surface area (Å²) in [5.41, 5.74) is 3.96. The highest BCUT2D eigenvalue weighted by Gasteiger charge is 2.24. The van der Waals surface area contributed by atoms with E-state index in [1.807, 2.05) is 25.1 Å². The first-order valence-electron chi connectivity index (χ1n) is 11.0. The van der Waals surface area contributed by atoms with Crippen LogP contribution in [-0.4, -0.2) is 30.9 Å². The Bertz CT molecular complexity index is 1270. The molecule has 0 amide bonds. The first kappa shape index (κ1) is 24.0. The van der Waals surface area contributed by atoms with Crippen molar-refractivity contribution in [1.82, 2.24) is 4.90 Å². The summed E-state index contributed by atoms with van der Waals surface area (Å²) >= 11 is 5.14. The van der Waals surface area contributed by atoms with Crippen molar-refractivity contribution in [3.8, 4) is 29.9 Å². The van der Waals surface area contributed by atoms with Crippen molar-refractivity contribution < 1.29 is 9.47 Å². The summed E-state index contributed by atoms with van der Waals surface area (Å²) in [6.45, 7) is 5.23. The summed E-state index contributed by atoms with van der Waals surface area (Å²) in [7, 11) is 0. The van der Waals surface area contributed by atoms with Gasteiger partial charge in [0.05, 0.1) is 16.6 Å². The Morgan fingerprint density at radius 3 is 2.82 bits per heavy atom. The lowest BCUT2D eigenvalue weighted by atomic mass is 10.0. The molecule has 1 aromatic heterocycles. The number of hydrogen-bond donors (Lipinski definition) is 0. The lowest BCUT2D eigenvalue weighted by molar-refractivity contribution is 0.249. The molecule has 0 atom stereocenters. The number of halogens is 1. The normalized spacial score (nSPS) is 13.3. The highest BCUT2D eigenvalue weighted by molar-refractivity contribution is 9.10. The molecule has 34 heavy (non-hydrogen) atoms. The van der Waals surface area contributed by atoms with Crippen LogP contribution in [0.2, 0.25) is 0 Å². The Morgan fingerprint density at radius 2 is 2.09 bits per heavy atom. The average Bonchev–Trinajstić information content (AvgIpc) is 3.19. The van der Waals surface area contributed by atoms with Gasteiger partial charge in [0.1, 0.15) is 17.7 Å². The third-order valence-electron chi connectivity index (χ3n) is 5.44. The Hall–Kier alpha value is -3.10. The number of fused-ring (bicyclic) bond motifs is 1. The topological polar surface area (TPSA) is 57.8 Å². The smallest absolute Gasteiger partial charge is 0.176 e. The summed E-state index contributed by atoms with van der Waals surface area (Å²) in [5, 5.41) is 10.6. The molecule has 7 heteroatoms. The van der Waals surface area contributed by atoms with E-state index in [0.29, 0.717) is 23.7 Å². The molecular formula is C27H24BrN3O2S. The fraction of sp³-hybridized carbons (Fsp3) is 0.259. The second-order valence-corrected chi connectivity index (χ2v) is 9.69. The molecular weight excluding hydrogens is 510 g/mol. The van der Waals surface area contributed by atoms with Crippen LogP contribution in [0.15, 0.2) is 51.9 Å². The van der Waals surface area contributed by atoms with E-state index in [-0.39, 0.29) is 6.61 Å². The second-order valence-electron chi connectivity index (χ2n) is 7.76. The number of benzene rings is 2. The number of nitriles is 1. The molecule has 0 unspecified atom stereocenters. The highest BCUT2D eigenvalue weighted by Crippen LogP contribution is 2.40. The molecule has 0 fully saturated rings. The largest absolute Gasteiger partial charge is 0.490 e. The fourth-order valence-corrected chi connectivity index (χ4v) is 5.70. The van der Waals surface area contributed by atoms with Gasteiger partial charge in [-0.05, 0) is 58.1 Å². The fourth-order valence-electron chi connectivity index (χ4n) is 3.94. The first-order valence-corrected chi connectivity index (χ1v) is 12.6. The van der Waals surface area contributed by atoms with E-state index >= 15 is 0 Å². The maximum Gasteiger partial charge on any atom is 0.176 e. The van der Waals surface area contributed by atoms with E-state index in [4.69, 9.17) is 20.9 Å².